The van der Waals surface area contributed by atoms with E-state index in [2.05, 4.69) is 0 Å². The van der Waals surface area contributed by atoms with Gasteiger partial charge in [0.15, 0.2) is 5.78 Å². The van der Waals surface area contributed by atoms with Gasteiger partial charge < -0.3 is 0 Å². The van der Waals surface area contributed by atoms with E-state index in [9.17, 15) is 17.6 Å². The molecule has 0 aliphatic carbocycles. The highest BCUT2D eigenvalue weighted by molar-refractivity contribution is 7.89. The van der Waals surface area contributed by atoms with E-state index in [-0.39, 0.29) is 10.6 Å². The molecule has 0 atom stereocenters. The molecule has 0 bridgehead atoms. The van der Waals surface area contributed by atoms with Crippen LogP contribution in [0.1, 0.15) is 17.3 Å². The zero-order chi connectivity index (χ0) is 11.8. The Morgan fingerprint density at radius 2 is 2.00 bits per heavy atom. The van der Waals surface area contributed by atoms with E-state index in [0.29, 0.717) is 0 Å². The summed E-state index contributed by atoms with van der Waals surface area (Å²) >= 11 is 5.55. The Bertz CT molecular complexity index is 527. The maximum absolute atomic E-state index is 13.1. The zero-order valence-corrected chi connectivity index (χ0v) is 9.19. The highest BCUT2D eigenvalue weighted by Crippen LogP contribution is 2.23. The van der Waals surface area contributed by atoms with Crippen LogP contribution >= 0.6 is 11.6 Å². The van der Waals surface area contributed by atoms with Crippen LogP contribution in [0.5, 0.6) is 0 Å². The number of ketones is 1. The van der Waals surface area contributed by atoms with Gasteiger partial charge in [-0.2, -0.15) is 0 Å². The Morgan fingerprint density at radius 1 is 1.47 bits per heavy atom. The Morgan fingerprint density at radius 3 is 2.40 bits per heavy atom. The van der Waals surface area contributed by atoms with Gasteiger partial charge in [0.25, 0.3) is 0 Å². The summed E-state index contributed by atoms with van der Waals surface area (Å²) in [5.41, 5.74) is -0.0814. The second-order valence-corrected chi connectivity index (χ2v) is 4.80. The average Bonchev–Trinajstić information content (AvgIpc) is 2.00. The smallest absolute Gasteiger partial charge is 0.240 e. The number of rotatable bonds is 2. The van der Waals surface area contributed by atoms with Crippen molar-refractivity contribution in [2.24, 2.45) is 5.14 Å². The van der Waals surface area contributed by atoms with E-state index in [4.69, 9.17) is 16.7 Å². The van der Waals surface area contributed by atoms with Crippen molar-refractivity contribution in [1.82, 2.24) is 0 Å². The number of carbonyl (C=O) groups excluding carboxylic acids is 1. The van der Waals surface area contributed by atoms with Crippen molar-refractivity contribution in [1.29, 1.82) is 0 Å². The fraction of sp³-hybridized carbons (Fsp3) is 0.125. The van der Waals surface area contributed by atoms with Gasteiger partial charge >= 0.3 is 0 Å². The molecule has 4 nitrogen and oxygen atoms in total. The number of sulfonamides is 1. The lowest BCUT2D eigenvalue weighted by molar-refractivity contribution is 0.101. The van der Waals surface area contributed by atoms with Gasteiger partial charge in [0.1, 0.15) is 10.7 Å². The maximum atomic E-state index is 13.1. The number of hydrogen-bond acceptors (Lipinski definition) is 3. The van der Waals surface area contributed by atoms with E-state index in [1.54, 1.807) is 0 Å². The van der Waals surface area contributed by atoms with E-state index < -0.39 is 26.5 Å². The first-order valence-corrected chi connectivity index (χ1v) is 5.68. The fourth-order valence-corrected chi connectivity index (χ4v) is 1.91. The van der Waals surface area contributed by atoms with Crippen molar-refractivity contribution in [3.63, 3.8) is 0 Å². The van der Waals surface area contributed by atoms with Crippen LogP contribution in [0, 0.1) is 5.82 Å². The SMILES string of the molecule is CC(=O)c1cc(S(N)(=O)=O)c(F)cc1Cl. The number of nitrogens with two attached hydrogens (primary N) is 1. The largest absolute Gasteiger partial charge is 0.294 e. The minimum atomic E-state index is -4.19. The number of hydrogen-bond donors (Lipinski definition) is 1. The van der Waals surface area contributed by atoms with Crippen molar-refractivity contribution < 1.29 is 17.6 Å². The molecule has 0 aliphatic heterocycles. The summed E-state index contributed by atoms with van der Waals surface area (Å²) in [5, 5.41) is 4.61. The van der Waals surface area contributed by atoms with E-state index in [1.807, 2.05) is 0 Å². The van der Waals surface area contributed by atoms with Gasteiger partial charge in [-0.25, -0.2) is 17.9 Å². The molecule has 0 amide bonds. The third-order valence-electron chi connectivity index (χ3n) is 1.71. The second-order valence-electron chi connectivity index (χ2n) is 2.86. The van der Waals surface area contributed by atoms with Crippen LogP contribution in [0.15, 0.2) is 17.0 Å². The first-order valence-electron chi connectivity index (χ1n) is 3.76. The van der Waals surface area contributed by atoms with Crippen molar-refractivity contribution in [2.45, 2.75) is 11.8 Å². The van der Waals surface area contributed by atoms with Gasteiger partial charge in [-0.15, -0.1) is 0 Å². The molecular weight excluding hydrogens is 245 g/mol. The second kappa shape index (κ2) is 3.88. The molecule has 0 unspecified atom stereocenters. The number of halogens is 2. The van der Waals surface area contributed by atoms with Crippen LogP contribution < -0.4 is 5.14 Å². The first kappa shape index (κ1) is 12.1. The molecule has 0 aromatic heterocycles. The minimum absolute atomic E-state index is 0.0814. The van der Waals surface area contributed by atoms with Crippen molar-refractivity contribution >= 4 is 27.4 Å². The topological polar surface area (TPSA) is 77.2 Å². The summed E-state index contributed by atoms with van der Waals surface area (Å²) in [5.74, 6) is -1.54. The summed E-state index contributed by atoms with van der Waals surface area (Å²) < 4.78 is 35.0. The maximum Gasteiger partial charge on any atom is 0.240 e. The normalized spacial score (nSPS) is 11.5. The number of primary sulfonamides is 1. The molecule has 82 valence electrons. The van der Waals surface area contributed by atoms with Crippen molar-refractivity contribution in [3.05, 3.63) is 28.5 Å². The predicted molar refractivity (Wildman–Crippen MR) is 52.8 cm³/mol. The van der Waals surface area contributed by atoms with Gasteiger partial charge in [0, 0.05) is 5.56 Å². The Balaban J connectivity index is 3.58. The lowest BCUT2D eigenvalue weighted by atomic mass is 10.1. The fourth-order valence-electron chi connectivity index (χ4n) is 1.02. The number of Topliss-reactive ketones (excluding diaryl/α,β-unsaturated/α-hetero) is 1. The standard InChI is InChI=1S/C8H7ClFNO3S/c1-4(12)5-2-8(15(11,13)14)7(10)3-6(5)9/h2-3H,1H3,(H2,11,13,14). The Labute approximate surface area is 90.9 Å². The summed E-state index contributed by atoms with van der Waals surface area (Å²) in [4.78, 5) is 10.3. The summed E-state index contributed by atoms with van der Waals surface area (Å²) in [7, 11) is -4.19. The summed E-state index contributed by atoms with van der Waals surface area (Å²) in [6.45, 7) is 1.19. The number of benzene rings is 1. The van der Waals surface area contributed by atoms with Crippen LogP contribution in [0.3, 0.4) is 0 Å². The lowest BCUT2D eigenvalue weighted by Crippen LogP contribution is -2.15. The highest BCUT2D eigenvalue weighted by Gasteiger charge is 2.18. The number of carbonyl (C=O) groups is 1. The van der Waals surface area contributed by atoms with Crippen LogP contribution in [-0.2, 0) is 10.0 Å². The molecule has 0 spiro atoms. The molecule has 2 N–H and O–H groups in total. The van der Waals surface area contributed by atoms with Crippen LogP contribution in [-0.4, -0.2) is 14.2 Å². The Hall–Kier alpha value is -0.980. The molecule has 1 aromatic rings. The quantitative estimate of drug-likeness (QED) is 0.806. The van der Waals surface area contributed by atoms with Crippen molar-refractivity contribution in [3.8, 4) is 0 Å². The van der Waals surface area contributed by atoms with E-state index >= 15 is 0 Å². The van der Waals surface area contributed by atoms with Gasteiger partial charge in [-0.3, -0.25) is 4.79 Å². The zero-order valence-electron chi connectivity index (χ0n) is 7.62. The van der Waals surface area contributed by atoms with E-state index in [0.717, 1.165) is 12.1 Å². The molecule has 0 radical (unpaired) electrons. The molecule has 0 saturated heterocycles. The minimum Gasteiger partial charge on any atom is -0.294 e. The molecule has 1 rings (SSSR count). The molecule has 1 aromatic carbocycles. The van der Waals surface area contributed by atoms with Crippen LogP contribution in [0.2, 0.25) is 5.02 Å². The third-order valence-corrected chi connectivity index (χ3v) is 2.95. The average molecular weight is 252 g/mol. The third kappa shape index (κ3) is 2.53. The van der Waals surface area contributed by atoms with Crippen LogP contribution in [0.25, 0.3) is 0 Å². The highest BCUT2D eigenvalue weighted by atomic mass is 35.5. The monoisotopic (exact) mass is 251 g/mol. The molecule has 0 fully saturated rings. The molecular formula is C8H7ClFNO3S. The molecule has 0 aliphatic rings. The summed E-state index contributed by atoms with van der Waals surface area (Å²) in [6.07, 6.45) is 0. The van der Waals surface area contributed by atoms with Crippen molar-refractivity contribution in [2.75, 3.05) is 0 Å². The molecule has 7 heteroatoms. The molecule has 0 heterocycles. The van der Waals surface area contributed by atoms with E-state index in [1.165, 1.54) is 6.92 Å². The lowest BCUT2D eigenvalue weighted by Gasteiger charge is -2.04. The van der Waals surface area contributed by atoms with Crippen LogP contribution in [0.4, 0.5) is 4.39 Å². The predicted octanol–water partition coefficient (Wildman–Crippen LogP) is 1.33. The first-order chi connectivity index (χ1) is 6.73. The van der Waals surface area contributed by atoms with Gasteiger partial charge in [0.2, 0.25) is 10.0 Å². The molecule has 0 saturated carbocycles. The van der Waals surface area contributed by atoms with Gasteiger partial charge in [0.05, 0.1) is 5.02 Å². The van der Waals surface area contributed by atoms with Gasteiger partial charge in [-0.1, -0.05) is 11.6 Å². The summed E-state index contributed by atoms with van der Waals surface area (Å²) in [6, 6.07) is 1.58. The van der Waals surface area contributed by atoms with Gasteiger partial charge in [-0.05, 0) is 19.1 Å². The Kier molecular flexibility index (Phi) is 3.13. The molecule has 15 heavy (non-hydrogen) atoms.